The first-order valence-corrected chi connectivity index (χ1v) is 10.2. The number of benzene rings is 2. The molecule has 1 atom stereocenters. The third kappa shape index (κ3) is 3.47. The Morgan fingerprint density at radius 2 is 1.87 bits per heavy atom. The fraction of sp³-hybridized carbons (Fsp3) is 0.238. The fourth-order valence-corrected chi connectivity index (χ4v) is 4.31. The van der Waals surface area contributed by atoms with Crippen molar-refractivity contribution in [3.8, 4) is 23.1 Å². The standard InChI is InChI=1S/C21H20ClN3O4S/c1-28-15-9-11-7-8-23-18(14(11)10-16(15)29-2)17-19(26)24-21(30)25(20(17)27)13-5-3-12(22)4-6-13/h3-6,9-10,18,23,27H,7-8H2,1-2H3,(H,24,26,30)/p+1/t18-/m0/s1. The zero-order valence-electron chi connectivity index (χ0n) is 16.4. The fourth-order valence-electron chi connectivity index (χ4n) is 3.90. The molecule has 0 saturated carbocycles. The van der Waals surface area contributed by atoms with Crippen molar-refractivity contribution in [3.63, 3.8) is 0 Å². The van der Waals surface area contributed by atoms with Crippen molar-refractivity contribution in [2.45, 2.75) is 12.5 Å². The zero-order chi connectivity index (χ0) is 21.4. The van der Waals surface area contributed by atoms with Crippen molar-refractivity contribution in [2.24, 2.45) is 0 Å². The van der Waals surface area contributed by atoms with E-state index in [0.717, 1.165) is 24.1 Å². The Bertz CT molecular complexity index is 1220. The van der Waals surface area contributed by atoms with Gasteiger partial charge in [-0.25, -0.2) is 0 Å². The first-order valence-electron chi connectivity index (χ1n) is 9.36. The maximum Gasteiger partial charge on any atom is 0.265 e. The van der Waals surface area contributed by atoms with Gasteiger partial charge in [-0.1, -0.05) is 11.6 Å². The number of methoxy groups -OCH3 is 2. The number of ether oxygens (including phenoxy) is 2. The summed E-state index contributed by atoms with van der Waals surface area (Å²) in [6.07, 6.45) is 0.807. The van der Waals surface area contributed by atoms with Crippen molar-refractivity contribution in [1.82, 2.24) is 9.55 Å². The van der Waals surface area contributed by atoms with Gasteiger partial charge in [0.1, 0.15) is 11.6 Å². The molecule has 0 amide bonds. The SMILES string of the molecule is COc1cc2c(cc1OC)[C@@H](c1c(O)n(-c3ccc(Cl)cc3)c(=S)[nH]c1=O)[NH2+]CC2. The third-order valence-electron chi connectivity index (χ3n) is 5.31. The van der Waals surface area contributed by atoms with Crippen molar-refractivity contribution < 1.29 is 19.9 Å². The van der Waals surface area contributed by atoms with Gasteiger partial charge < -0.3 is 19.9 Å². The van der Waals surface area contributed by atoms with E-state index in [0.29, 0.717) is 22.2 Å². The summed E-state index contributed by atoms with van der Waals surface area (Å²) in [7, 11) is 3.15. The Morgan fingerprint density at radius 3 is 2.53 bits per heavy atom. The molecule has 0 spiro atoms. The molecule has 1 aromatic heterocycles. The average molecular weight is 447 g/mol. The van der Waals surface area contributed by atoms with Crippen LogP contribution in [0.15, 0.2) is 41.2 Å². The molecule has 7 nitrogen and oxygen atoms in total. The summed E-state index contributed by atoms with van der Waals surface area (Å²) < 4.78 is 12.4. The van der Waals surface area contributed by atoms with Crippen LogP contribution in [0.4, 0.5) is 0 Å². The zero-order valence-corrected chi connectivity index (χ0v) is 18.0. The second-order valence-corrected chi connectivity index (χ2v) is 7.79. The first-order chi connectivity index (χ1) is 14.4. The number of aromatic amines is 1. The number of aromatic nitrogens is 2. The molecule has 2 heterocycles. The van der Waals surface area contributed by atoms with E-state index in [1.807, 2.05) is 17.4 Å². The second-order valence-electron chi connectivity index (χ2n) is 6.97. The van der Waals surface area contributed by atoms with E-state index in [1.54, 1.807) is 38.5 Å². The van der Waals surface area contributed by atoms with Gasteiger partial charge in [-0.05, 0) is 54.2 Å². The van der Waals surface area contributed by atoms with Gasteiger partial charge in [0.2, 0.25) is 5.88 Å². The number of halogens is 1. The number of hydrogen-bond acceptors (Lipinski definition) is 5. The predicted molar refractivity (Wildman–Crippen MR) is 116 cm³/mol. The van der Waals surface area contributed by atoms with E-state index in [4.69, 9.17) is 33.3 Å². The molecular formula is C21H21ClN3O4S+. The maximum absolute atomic E-state index is 12.9. The summed E-state index contributed by atoms with van der Waals surface area (Å²) in [4.78, 5) is 15.6. The molecule has 9 heteroatoms. The number of hydrogen-bond donors (Lipinski definition) is 3. The lowest BCUT2D eigenvalue weighted by atomic mass is 9.90. The van der Waals surface area contributed by atoms with E-state index in [2.05, 4.69) is 4.98 Å². The van der Waals surface area contributed by atoms with Gasteiger partial charge in [-0.2, -0.15) is 0 Å². The van der Waals surface area contributed by atoms with Crippen LogP contribution in [0.2, 0.25) is 5.02 Å². The highest BCUT2D eigenvalue weighted by molar-refractivity contribution is 7.71. The Hall–Kier alpha value is -2.81. The first kappa shape index (κ1) is 20.5. The van der Waals surface area contributed by atoms with Gasteiger partial charge in [0, 0.05) is 17.0 Å². The van der Waals surface area contributed by atoms with E-state index in [1.165, 1.54) is 4.57 Å². The molecule has 0 aliphatic carbocycles. The third-order valence-corrected chi connectivity index (χ3v) is 5.85. The summed E-state index contributed by atoms with van der Waals surface area (Å²) in [5.41, 5.74) is 2.33. The van der Waals surface area contributed by atoms with Gasteiger partial charge >= 0.3 is 0 Å². The molecule has 1 aliphatic rings. The smallest absolute Gasteiger partial charge is 0.265 e. The molecule has 4 N–H and O–H groups in total. The minimum absolute atomic E-state index is 0.104. The molecule has 0 radical (unpaired) electrons. The van der Waals surface area contributed by atoms with Crippen molar-refractivity contribution in [3.05, 3.63) is 73.2 Å². The Labute approximate surface area is 182 Å². The number of H-pyrrole nitrogens is 1. The molecule has 4 rings (SSSR count). The largest absolute Gasteiger partial charge is 0.494 e. The predicted octanol–water partition coefficient (Wildman–Crippen LogP) is 2.48. The van der Waals surface area contributed by atoms with Gasteiger partial charge in [0.25, 0.3) is 5.56 Å². The Balaban J connectivity index is 1.93. The Morgan fingerprint density at radius 1 is 1.20 bits per heavy atom. The van der Waals surface area contributed by atoms with E-state index >= 15 is 0 Å². The molecule has 1 aliphatic heterocycles. The summed E-state index contributed by atoms with van der Waals surface area (Å²) >= 11 is 11.3. The molecule has 0 bridgehead atoms. The number of fused-ring (bicyclic) bond motifs is 1. The summed E-state index contributed by atoms with van der Waals surface area (Å²) in [6, 6.07) is 10.2. The van der Waals surface area contributed by atoms with Crippen molar-refractivity contribution >= 4 is 23.8 Å². The van der Waals surface area contributed by atoms with Crippen LogP contribution in [0, 0.1) is 4.77 Å². The van der Waals surface area contributed by atoms with Gasteiger partial charge in [0.15, 0.2) is 16.3 Å². The minimum Gasteiger partial charge on any atom is -0.494 e. The van der Waals surface area contributed by atoms with Crippen LogP contribution in [0.1, 0.15) is 22.7 Å². The highest BCUT2D eigenvalue weighted by Crippen LogP contribution is 2.36. The number of rotatable bonds is 4. The number of aromatic hydroxyl groups is 1. The monoisotopic (exact) mass is 446 g/mol. The molecule has 0 fully saturated rings. The summed E-state index contributed by atoms with van der Waals surface area (Å²) in [6.45, 7) is 0.753. The molecule has 2 aromatic carbocycles. The highest BCUT2D eigenvalue weighted by atomic mass is 35.5. The average Bonchev–Trinajstić information content (AvgIpc) is 2.73. The number of quaternary nitrogens is 1. The number of nitrogens with zero attached hydrogens (tertiary/aromatic N) is 1. The van der Waals surface area contributed by atoms with Gasteiger partial charge in [0.05, 0.1) is 26.5 Å². The summed E-state index contributed by atoms with van der Waals surface area (Å²) in [5.74, 6) is 1.00. The van der Waals surface area contributed by atoms with Crippen molar-refractivity contribution in [1.29, 1.82) is 0 Å². The van der Waals surface area contributed by atoms with Gasteiger partial charge in [-0.3, -0.25) is 14.3 Å². The molecule has 0 unspecified atom stereocenters. The number of nitrogens with one attached hydrogen (secondary N) is 1. The normalized spacial score (nSPS) is 15.5. The molecular weight excluding hydrogens is 426 g/mol. The quantitative estimate of drug-likeness (QED) is 0.535. The van der Waals surface area contributed by atoms with Crippen LogP contribution in [-0.2, 0) is 6.42 Å². The number of nitrogens with two attached hydrogens (primary N) is 1. The van der Waals surface area contributed by atoms with E-state index in [9.17, 15) is 9.90 Å². The second kappa shape index (κ2) is 8.14. The lowest BCUT2D eigenvalue weighted by Crippen LogP contribution is -2.87. The lowest BCUT2D eigenvalue weighted by Gasteiger charge is -2.26. The van der Waals surface area contributed by atoms with Crippen LogP contribution in [0.5, 0.6) is 17.4 Å². The molecule has 3 aromatic rings. The minimum atomic E-state index is -0.425. The van der Waals surface area contributed by atoms with Crippen molar-refractivity contribution in [2.75, 3.05) is 20.8 Å². The molecule has 0 saturated heterocycles. The topological polar surface area (TPSA) is 93.1 Å². The molecule has 30 heavy (non-hydrogen) atoms. The highest BCUT2D eigenvalue weighted by Gasteiger charge is 2.33. The van der Waals surface area contributed by atoms with Gasteiger partial charge in [-0.15, -0.1) is 0 Å². The van der Waals surface area contributed by atoms with Crippen LogP contribution in [0.25, 0.3) is 5.69 Å². The van der Waals surface area contributed by atoms with Crippen LogP contribution in [0.3, 0.4) is 0 Å². The maximum atomic E-state index is 12.9. The lowest BCUT2D eigenvalue weighted by molar-refractivity contribution is -0.690. The Kier molecular flexibility index (Phi) is 5.55. The molecule has 156 valence electrons. The summed E-state index contributed by atoms with van der Waals surface area (Å²) in [5, 5.41) is 13.7. The van der Waals surface area contributed by atoms with Crippen LogP contribution in [-0.4, -0.2) is 35.4 Å². The van der Waals surface area contributed by atoms with E-state index < -0.39 is 11.6 Å². The van der Waals surface area contributed by atoms with Crippen LogP contribution < -0.4 is 20.3 Å². The van der Waals surface area contributed by atoms with E-state index in [-0.39, 0.29) is 16.2 Å². The van der Waals surface area contributed by atoms with Crippen LogP contribution >= 0.6 is 23.8 Å².